The smallest absolute Gasteiger partial charge is 0.181 e. The van der Waals surface area contributed by atoms with Gasteiger partial charge in [0, 0.05) is 13.0 Å². The molecule has 0 bridgehead atoms. The molecule has 0 saturated carbocycles. The van der Waals surface area contributed by atoms with E-state index in [1.54, 1.807) is 0 Å². The summed E-state index contributed by atoms with van der Waals surface area (Å²) in [4.78, 5) is 14.0. The predicted molar refractivity (Wildman–Crippen MR) is 35.9 cm³/mol. The first kappa shape index (κ1) is 7.65. The molecule has 0 radical (unpaired) electrons. The molecule has 0 fully saturated rings. The van der Waals surface area contributed by atoms with Crippen LogP contribution in [-0.2, 0) is 0 Å². The summed E-state index contributed by atoms with van der Waals surface area (Å²) in [6.45, 7) is 1.21. The molecule has 4 heteroatoms. The standard InChI is InChI=1S/C7H6FNO2/c1-4(10)7-6(8)2-5(11)3-9-7/h2-3,11H,1H3. The lowest BCUT2D eigenvalue weighted by Crippen LogP contribution is -1.99. The SMILES string of the molecule is CC(=O)c1ncc(O)cc1F. The molecule has 1 aromatic rings. The number of hydrogen-bond donors (Lipinski definition) is 1. The van der Waals surface area contributed by atoms with Crippen LogP contribution < -0.4 is 0 Å². The van der Waals surface area contributed by atoms with Crippen molar-refractivity contribution >= 4 is 5.78 Å². The van der Waals surface area contributed by atoms with Crippen molar-refractivity contribution in [1.29, 1.82) is 0 Å². The molecule has 1 rings (SSSR count). The lowest BCUT2D eigenvalue weighted by Gasteiger charge is -1.96. The Labute approximate surface area is 62.5 Å². The molecular weight excluding hydrogens is 149 g/mol. The van der Waals surface area contributed by atoms with E-state index in [9.17, 15) is 9.18 Å². The number of aromatic hydroxyl groups is 1. The highest BCUT2D eigenvalue weighted by atomic mass is 19.1. The summed E-state index contributed by atoms with van der Waals surface area (Å²) < 4.78 is 12.7. The zero-order chi connectivity index (χ0) is 8.43. The summed E-state index contributed by atoms with van der Waals surface area (Å²) in [5, 5.41) is 8.71. The average molecular weight is 155 g/mol. The molecule has 0 atom stereocenters. The maximum absolute atomic E-state index is 12.7. The molecule has 1 heterocycles. The number of rotatable bonds is 1. The second-order valence-electron chi connectivity index (χ2n) is 2.08. The summed E-state index contributed by atoms with van der Waals surface area (Å²) in [7, 11) is 0. The van der Waals surface area contributed by atoms with E-state index < -0.39 is 11.6 Å². The zero-order valence-corrected chi connectivity index (χ0v) is 5.84. The minimum absolute atomic E-state index is 0.247. The van der Waals surface area contributed by atoms with E-state index in [-0.39, 0.29) is 11.4 Å². The van der Waals surface area contributed by atoms with Gasteiger partial charge in [-0.25, -0.2) is 9.37 Å². The van der Waals surface area contributed by atoms with Gasteiger partial charge < -0.3 is 5.11 Å². The molecule has 0 aliphatic rings. The third-order valence-electron chi connectivity index (χ3n) is 1.16. The first-order valence-electron chi connectivity index (χ1n) is 2.96. The summed E-state index contributed by atoms with van der Waals surface area (Å²) in [6.07, 6.45) is 1.03. The first-order chi connectivity index (χ1) is 5.11. The van der Waals surface area contributed by atoms with Gasteiger partial charge in [0.1, 0.15) is 11.4 Å². The first-order valence-corrected chi connectivity index (χ1v) is 2.96. The molecule has 0 aliphatic heterocycles. The van der Waals surface area contributed by atoms with E-state index in [1.807, 2.05) is 0 Å². The average Bonchev–Trinajstić information content (AvgIpc) is 1.85. The van der Waals surface area contributed by atoms with Gasteiger partial charge >= 0.3 is 0 Å². The number of carbonyl (C=O) groups is 1. The minimum atomic E-state index is -0.794. The number of nitrogens with zero attached hydrogens (tertiary/aromatic N) is 1. The number of aromatic nitrogens is 1. The molecule has 3 nitrogen and oxygen atoms in total. The van der Waals surface area contributed by atoms with Gasteiger partial charge in [0.2, 0.25) is 0 Å². The maximum atomic E-state index is 12.7. The van der Waals surface area contributed by atoms with E-state index in [1.165, 1.54) is 6.92 Å². The van der Waals surface area contributed by atoms with Gasteiger partial charge in [0.05, 0.1) is 6.20 Å². The second kappa shape index (κ2) is 2.65. The van der Waals surface area contributed by atoms with Crippen LogP contribution in [0.2, 0.25) is 0 Å². The number of Topliss-reactive ketones (excluding diaryl/α,β-unsaturated/α-hetero) is 1. The predicted octanol–water partition coefficient (Wildman–Crippen LogP) is 1.13. The van der Waals surface area contributed by atoms with Gasteiger partial charge in [0.15, 0.2) is 11.6 Å². The Morgan fingerprint density at radius 2 is 2.36 bits per heavy atom. The van der Waals surface area contributed by atoms with Crippen LogP contribution in [0.15, 0.2) is 12.3 Å². The monoisotopic (exact) mass is 155 g/mol. The second-order valence-corrected chi connectivity index (χ2v) is 2.08. The van der Waals surface area contributed by atoms with E-state index in [2.05, 4.69) is 4.98 Å². The number of hydrogen-bond acceptors (Lipinski definition) is 3. The molecule has 0 spiro atoms. The van der Waals surface area contributed by atoms with Gasteiger partial charge in [-0.15, -0.1) is 0 Å². The van der Waals surface area contributed by atoms with Gasteiger partial charge in [-0.2, -0.15) is 0 Å². The van der Waals surface area contributed by atoms with Crippen LogP contribution in [0.4, 0.5) is 4.39 Å². The third kappa shape index (κ3) is 1.52. The fourth-order valence-electron chi connectivity index (χ4n) is 0.687. The molecule has 0 aromatic carbocycles. The van der Waals surface area contributed by atoms with Crippen molar-refractivity contribution in [1.82, 2.24) is 4.98 Å². The molecule has 0 aliphatic carbocycles. The molecule has 1 aromatic heterocycles. The highest BCUT2D eigenvalue weighted by Crippen LogP contribution is 2.11. The van der Waals surface area contributed by atoms with E-state index in [0.29, 0.717) is 0 Å². The van der Waals surface area contributed by atoms with Crippen LogP contribution in [-0.4, -0.2) is 15.9 Å². The van der Waals surface area contributed by atoms with Crippen molar-refractivity contribution in [3.63, 3.8) is 0 Å². The quantitative estimate of drug-likeness (QED) is 0.618. The third-order valence-corrected chi connectivity index (χ3v) is 1.16. The molecule has 0 amide bonds. The van der Waals surface area contributed by atoms with Crippen LogP contribution in [0, 0.1) is 5.82 Å². The van der Waals surface area contributed by atoms with Crippen molar-refractivity contribution in [3.8, 4) is 5.75 Å². The van der Waals surface area contributed by atoms with Crippen molar-refractivity contribution in [2.75, 3.05) is 0 Å². The van der Waals surface area contributed by atoms with Crippen molar-refractivity contribution < 1.29 is 14.3 Å². The van der Waals surface area contributed by atoms with Crippen molar-refractivity contribution in [2.45, 2.75) is 6.92 Å². The summed E-state index contributed by atoms with van der Waals surface area (Å²) in [5.74, 6) is -1.53. The highest BCUT2D eigenvalue weighted by Gasteiger charge is 2.08. The van der Waals surface area contributed by atoms with Gasteiger partial charge in [0.25, 0.3) is 0 Å². The molecule has 0 unspecified atom stereocenters. The van der Waals surface area contributed by atoms with E-state index >= 15 is 0 Å². The van der Waals surface area contributed by atoms with Crippen LogP contribution in [0.25, 0.3) is 0 Å². The van der Waals surface area contributed by atoms with Gasteiger partial charge in [-0.05, 0) is 0 Å². The zero-order valence-electron chi connectivity index (χ0n) is 5.84. The molecular formula is C7H6FNO2. The van der Waals surface area contributed by atoms with Crippen LogP contribution in [0.5, 0.6) is 5.75 Å². The topological polar surface area (TPSA) is 50.2 Å². The molecule has 58 valence electrons. The molecule has 11 heavy (non-hydrogen) atoms. The van der Waals surface area contributed by atoms with Crippen LogP contribution in [0.1, 0.15) is 17.4 Å². The molecule has 0 saturated heterocycles. The lowest BCUT2D eigenvalue weighted by molar-refractivity contribution is 0.100. The summed E-state index contributed by atoms with van der Waals surface area (Å²) >= 11 is 0. The van der Waals surface area contributed by atoms with Crippen LogP contribution >= 0.6 is 0 Å². The number of ketones is 1. The maximum Gasteiger partial charge on any atom is 0.181 e. The van der Waals surface area contributed by atoms with E-state index in [0.717, 1.165) is 12.3 Å². The summed E-state index contributed by atoms with van der Waals surface area (Å²) in [5.41, 5.74) is -0.247. The molecule has 1 N–H and O–H groups in total. The van der Waals surface area contributed by atoms with Crippen molar-refractivity contribution in [2.24, 2.45) is 0 Å². The lowest BCUT2D eigenvalue weighted by atomic mass is 10.2. The van der Waals surface area contributed by atoms with Gasteiger partial charge in [-0.3, -0.25) is 4.79 Å². The number of pyridine rings is 1. The Morgan fingerprint density at radius 3 is 2.82 bits per heavy atom. The van der Waals surface area contributed by atoms with Gasteiger partial charge in [-0.1, -0.05) is 0 Å². The largest absolute Gasteiger partial charge is 0.506 e. The number of carbonyl (C=O) groups excluding carboxylic acids is 1. The Morgan fingerprint density at radius 1 is 1.73 bits per heavy atom. The Kier molecular flexibility index (Phi) is 1.85. The Balaban J connectivity index is 3.20. The van der Waals surface area contributed by atoms with Crippen molar-refractivity contribution in [3.05, 3.63) is 23.8 Å². The Bertz CT molecular complexity index is 298. The summed E-state index contributed by atoms with van der Waals surface area (Å²) in [6, 6.07) is 0.851. The minimum Gasteiger partial charge on any atom is -0.506 e. The highest BCUT2D eigenvalue weighted by molar-refractivity contribution is 5.92. The Hall–Kier alpha value is -1.45. The fraction of sp³-hybridized carbons (Fsp3) is 0.143. The van der Waals surface area contributed by atoms with E-state index in [4.69, 9.17) is 5.11 Å². The fourth-order valence-corrected chi connectivity index (χ4v) is 0.687. The van der Waals surface area contributed by atoms with Crippen LogP contribution in [0.3, 0.4) is 0 Å². The number of halogens is 1. The normalized spacial score (nSPS) is 9.64.